The molecule has 1 atom stereocenters. The summed E-state index contributed by atoms with van der Waals surface area (Å²) in [5.74, 6) is 1.34. The van der Waals surface area contributed by atoms with Crippen molar-refractivity contribution in [2.75, 3.05) is 25.6 Å². The highest BCUT2D eigenvalue weighted by molar-refractivity contribution is 5.93. The molecule has 1 aromatic heterocycles. The minimum absolute atomic E-state index is 0.495. The second-order valence-electron chi connectivity index (χ2n) is 4.59. The van der Waals surface area contributed by atoms with Crippen LogP contribution in [0, 0.1) is 5.92 Å². The van der Waals surface area contributed by atoms with Gasteiger partial charge in [0.05, 0.1) is 24.4 Å². The number of fused-ring (bicyclic) bond motifs is 1. The van der Waals surface area contributed by atoms with Crippen LogP contribution in [-0.2, 0) is 4.74 Å². The summed E-state index contributed by atoms with van der Waals surface area (Å²) in [6.07, 6.45) is 2.81. The Morgan fingerprint density at radius 2 is 2.33 bits per heavy atom. The van der Waals surface area contributed by atoms with Gasteiger partial charge in [0.15, 0.2) is 0 Å². The molecular formula is C14H16N2O2. The van der Waals surface area contributed by atoms with Crippen molar-refractivity contribution in [1.82, 2.24) is 4.98 Å². The zero-order chi connectivity index (χ0) is 12.4. The van der Waals surface area contributed by atoms with Crippen molar-refractivity contribution in [3.05, 3.63) is 30.5 Å². The smallest absolute Gasteiger partial charge is 0.130 e. The number of aromatic nitrogens is 1. The van der Waals surface area contributed by atoms with Gasteiger partial charge in [-0.15, -0.1) is 0 Å². The van der Waals surface area contributed by atoms with E-state index in [0.29, 0.717) is 18.2 Å². The summed E-state index contributed by atoms with van der Waals surface area (Å²) >= 11 is 0. The first-order chi connectivity index (χ1) is 8.84. The normalized spacial score (nSPS) is 19.2. The molecule has 94 valence electrons. The molecule has 0 saturated carbocycles. The van der Waals surface area contributed by atoms with Crippen LogP contribution in [0.4, 0.5) is 5.69 Å². The van der Waals surface area contributed by atoms with E-state index in [9.17, 15) is 0 Å². The molecule has 0 amide bonds. The van der Waals surface area contributed by atoms with Gasteiger partial charge in [-0.05, 0) is 24.6 Å². The molecule has 2 aromatic rings. The number of anilines is 1. The van der Waals surface area contributed by atoms with Gasteiger partial charge in [0.1, 0.15) is 5.75 Å². The second kappa shape index (κ2) is 4.82. The summed E-state index contributed by atoms with van der Waals surface area (Å²) < 4.78 is 11.2. The van der Waals surface area contributed by atoms with Gasteiger partial charge >= 0.3 is 0 Å². The van der Waals surface area contributed by atoms with E-state index in [2.05, 4.69) is 4.98 Å². The van der Waals surface area contributed by atoms with Gasteiger partial charge in [-0.1, -0.05) is 6.07 Å². The molecule has 1 saturated heterocycles. The summed E-state index contributed by atoms with van der Waals surface area (Å²) in [4.78, 5) is 4.29. The predicted molar refractivity (Wildman–Crippen MR) is 70.6 cm³/mol. The molecule has 4 nitrogen and oxygen atoms in total. The van der Waals surface area contributed by atoms with E-state index in [0.717, 1.165) is 36.3 Å². The van der Waals surface area contributed by atoms with Crippen molar-refractivity contribution in [2.24, 2.45) is 5.92 Å². The highest BCUT2D eigenvalue weighted by Gasteiger charge is 2.16. The SMILES string of the molecule is Nc1cccc2c(OCC3CCOC3)ccnc12. The number of pyridine rings is 1. The minimum Gasteiger partial charge on any atom is -0.492 e. The van der Waals surface area contributed by atoms with Crippen LogP contribution in [0.2, 0.25) is 0 Å². The molecule has 0 aliphatic carbocycles. The van der Waals surface area contributed by atoms with Crippen molar-refractivity contribution in [3.8, 4) is 5.75 Å². The molecule has 2 N–H and O–H groups in total. The van der Waals surface area contributed by atoms with Gasteiger partial charge < -0.3 is 15.2 Å². The molecule has 0 bridgehead atoms. The molecular weight excluding hydrogens is 228 g/mol. The molecule has 1 aromatic carbocycles. The van der Waals surface area contributed by atoms with Crippen molar-refractivity contribution in [2.45, 2.75) is 6.42 Å². The van der Waals surface area contributed by atoms with Crippen LogP contribution in [0.3, 0.4) is 0 Å². The van der Waals surface area contributed by atoms with E-state index in [4.69, 9.17) is 15.2 Å². The number of benzene rings is 1. The second-order valence-corrected chi connectivity index (χ2v) is 4.59. The Hall–Kier alpha value is -1.81. The minimum atomic E-state index is 0.495. The van der Waals surface area contributed by atoms with E-state index in [1.165, 1.54) is 0 Å². The summed E-state index contributed by atoms with van der Waals surface area (Å²) in [7, 11) is 0. The number of nitrogens with two attached hydrogens (primary N) is 1. The van der Waals surface area contributed by atoms with Crippen LogP contribution in [0.1, 0.15) is 6.42 Å². The summed E-state index contributed by atoms with van der Waals surface area (Å²) in [6.45, 7) is 2.33. The third-order valence-electron chi connectivity index (χ3n) is 3.26. The average Bonchev–Trinajstić information content (AvgIpc) is 2.90. The molecule has 2 heterocycles. The third-order valence-corrected chi connectivity index (χ3v) is 3.26. The van der Waals surface area contributed by atoms with E-state index in [1.54, 1.807) is 6.20 Å². The van der Waals surface area contributed by atoms with E-state index in [1.807, 2.05) is 24.3 Å². The van der Waals surface area contributed by atoms with Crippen molar-refractivity contribution >= 4 is 16.6 Å². The lowest BCUT2D eigenvalue weighted by Crippen LogP contribution is -2.11. The molecule has 1 aliphatic rings. The fraction of sp³-hybridized carbons (Fsp3) is 0.357. The van der Waals surface area contributed by atoms with E-state index in [-0.39, 0.29) is 0 Å². The van der Waals surface area contributed by atoms with Crippen molar-refractivity contribution < 1.29 is 9.47 Å². The van der Waals surface area contributed by atoms with Crippen molar-refractivity contribution in [3.63, 3.8) is 0 Å². The molecule has 1 unspecified atom stereocenters. The largest absolute Gasteiger partial charge is 0.492 e. The topological polar surface area (TPSA) is 57.4 Å². The Bertz CT molecular complexity index is 550. The zero-order valence-corrected chi connectivity index (χ0v) is 10.1. The Morgan fingerprint density at radius 3 is 3.17 bits per heavy atom. The Labute approximate surface area is 106 Å². The fourth-order valence-electron chi connectivity index (χ4n) is 2.22. The predicted octanol–water partition coefficient (Wildman–Crippen LogP) is 2.23. The van der Waals surface area contributed by atoms with Crippen LogP contribution in [0.15, 0.2) is 30.5 Å². The first-order valence-electron chi connectivity index (χ1n) is 6.18. The van der Waals surface area contributed by atoms with Gasteiger partial charge in [-0.2, -0.15) is 0 Å². The number of hydrogen-bond acceptors (Lipinski definition) is 4. The van der Waals surface area contributed by atoms with Gasteiger partial charge in [0, 0.05) is 24.1 Å². The highest BCUT2D eigenvalue weighted by Crippen LogP contribution is 2.28. The summed E-state index contributed by atoms with van der Waals surface area (Å²) in [5, 5.41) is 0.969. The third kappa shape index (κ3) is 2.11. The number of hydrogen-bond donors (Lipinski definition) is 1. The lowest BCUT2D eigenvalue weighted by Gasteiger charge is -2.12. The van der Waals surface area contributed by atoms with Crippen LogP contribution < -0.4 is 10.5 Å². The van der Waals surface area contributed by atoms with E-state index < -0.39 is 0 Å². The van der Waals surface area contributed by atoms with Crippen LogP contribution in [0.5, 0.6) is 5.75 Å². The number of rotatable bonds is 3. The van der Waals surface area contributed by atoms with Crippen molar-refractivity contribution in [1.29, 1.82) is 0 Å². The molecule has 3 rings (SSSR count). The Balaban J connectivity index is 1.85. The Kier molecular flexibility index (Phi) is 3.02. The molecule has 18 heavy (non-hydrogen) atoms. The number of ether oxygens (including phenoxy) is 2. The summed E-state index contributed by atoms with van der Waals surface area (Å²) in [5.41, 5.74) is 7.39. The maximum Gasteiger partial charge on any atom is 0.130 e. The van der Waals surface area contributed by atoms with E-state index >= 15 is 0 Å². The number of nitrogens with zero attached hydrogens (tertiary/aromatic N) is 1. The monoisotopic (exact) mass is 244 g/mol. The fourth-order valence-corrected chi connectivity index (χ4v) is 2.22. The van der Waals surface area contributed by atoms with Gasteiger partial charge in [-0.25, -0.2) is 0 Å². The molecule has 1 fully saturated rings. The zero-order valence-electron chi connectivity index (χ0n) is 10.1. The first kappa shape index (κ1) is 11.3. The first-order valence-corrected chi connectivity index (χ1v) is 6.18. The maximum absolute atomic E-state index is 5.91. The molecule has 4 heteroatoms. The summed E-state index contributed by atoms with van der Waals surface area (Å²) in [6, 6.07) is 7.64. The average molecular weight is 244 g/mol. The standard InChI is InChI=1S/C14H16N2O2/c15-12-3-1-2-11-13(4-6-16-14(11)12)18-9-10-5-7-17-8-10/h1-4,6,10H,5,7-9,15H2. The Morgan fingerprint density at radius 1 is 1.39 bits per heavy atom. The van der Waals surface area contributed by atoms with Gasteiger partial charge in [0.2, 0.25) is 0 Å². The highest BCUT2D eigenvalue weighted by atomic mass is 16.5. The quantitative estimate of drug-likeness (QED) is 0.841. The maximum atomic E-state index is 5.91. The lowest BCUT2D eigenvalue weighted by molar-refractivity contribution is 0.167. The molecule has 0 spiro atoms. The van der Waals surface area contributed by atoms with Crippen LogP contribution >= 0.6 is 0 Å². The van der Waals surface area contributed by atoms with Gasteiger partial charge in [-0.3, -0.25) is 4.98 Å². The molecule has 0 radical (unpaired) electrons. The number of para-hydroxylation sites is 1. The van der Waals surface area contributed by atoms with Gasteiger partial charge in [0.25, 0.3) is 0 Å². The lowest BCUT2D eigenvalue weighted by atomic mass is 10.1. The van der Waals surface area contributed by atoms with Crippen LogP contribution in [-0.4, -0.2) is 24.8 Å². The van der Waals surface area contributed by atoms with Crippen LogP contribution in [0.25, 0.3) is 10.9 Å². The number of nitrogen functional groups attached to an aromatic ring is 1. The molecule has 1 aliphatic heterocycles.